The van der Waals surface area contributed by atoms with Crippen LogP contribution in [0.25, 0.3) is 11.3 Å². The first-order valence-corrected chi connectivity index (χ1v) is 12.0. The second-order valence-electron chi connectivity index (χ2n) is 7.61. The van der Waals surface area contributed by atoms with Crippen molar-refractivity contribution in [1.82, 2.24) is 15.0 Å². The van der Waals surface area contributed by atoms with Crippen molar-refractivity contribution in [1.29, 1.82) is 10.5 Å². The van der Waals surface area contributed by atoms with Gasteiger partial charge in [0.05, 0.1) is 29.8 Å². The second-order valence-corrected chi connectivity index (χ2v) is 8.58. The van der Waals surface area contributed by atoms with Crippen molar-refractivity contribution >= 4 is 17.6 Å². The molecule has 0 aromatic carbocycles. The van der Waals surface area contributed by atoms with Crippen molar-refractivity contribution in [3.05, 3.63) is 59.5 Å². The summed E-state index contributed by atoms with van der Waals surface area (Å²) in [7, 11) is 1.61. The summed E-state index contributed by atoms with van der Waals surface area (Å²) >= 11 is 1.44. The number of nitriles is 2. The number of hydrogen-bond donors (Lipinski definition) is 0. The summed E-state index contributed by atoms with van der Waals surface area (Å²) in [6.45, 7) is 2.54. The highest BCUT2D eigenvalue weighted by molar-refractivity contribution is 7.98. The number of nitrogens with zero attached hydrogens (tertiary/aromatic N) is 6. The minimum absolute atomic E-state index is 0.348. The topological polar surface area (TPSA) is 108 Å². The van der Waals surface area contributed by atoms with E-state index in [2.05, 4.69) is 27.0 Å². The van der Waals surface area contributed by atoms with E-state index in [-0.39, 0.29) is 0 Å². The van der Waals surface area contributed by atoms with Gasteiger partial charge in [0.15, 0.2) is 0 Å². The van der Waals surface area contributed by atoms with E-state index >= 15 is 0 Å². The van der Waals surface area contributed by atoms with Crippen molar-refractivity contribution < 1.29 is 9.47 Å². The lowest BCUT2D eigenvalue weighted by atomic mass is 10.0. The number of pyridine rings is 3. The van der Waals surface area contributed by atoms with Crippen LogP contribution >= 0.6 is 11.8 Å². The molecule has 1 saturated heterocycles. The van der Waals surface area contributed by atoms with E-state index in [1.807, 2.05) is 18.2 Å². The largest absolute Gasteiger partial charge is 0.490 e. The third kappa shape index (κ3) is 5.28. The normalized spacial score (nSPS) is 12.9. The van der Waals surface area contributed by atoms with Crippen LogP contribution in [0, 0.1) is 22.7 Å². The monoisotopic (exact) mass is 472 g/mol. The Morgan fingerprint density at radius 3 is 2.50 bits per heavy atom. The van der Waals surface area contributed by atoms with E-state index in [0.29, 0.717) is 57.9 Å². The van der Waals surface area contributed by atoms with Crippen LogP contribution in [0.1, 0.15) is 29.7 Å². The van der Waals surface area contributed by atoms with Gasteiger partial charge in [-0.1, -0.05) is 17.8 Å². The smallest absolute Gasteiger partial charge is 0.148 e. The van der Waals surface area contributed by atoms with Crippen LogP contribution in [0.3, 0.4) is 0 Å². The van der Waals surface area contributed by atoms with E-state index in [1.54, 1.807) is 31.6 Å². The summed E-state index contributed by atoms with van der Waals surface area (Å²) in [5.41, 5.74) is 2.66. The molecule has 1 aliphatic heterocycles. The van der Waals surface area contributed by atoms with E-state index in [4.69, 9.17) is 14.5 Å². The number of anilines is 1. The molecule has 4 heterocycles. The van der Waals surface area contributed by atoms with Gasteiger partial charge < -0.3 is 14.4 Å². The number of thioether (sulfide) groups is 1. The van der Waals surface area contributed by atoms with Gasteiger partial charge in [0.25, 0.3) is 0 Å². The predicted molar refractivity (Wildman–Crippen MR) is 130 cm³/mol. The molecule has 9 heteroatoms. The predicted octanol–water partition coefficient (Wildman–Crippen LogP) is 4.20. The number of ether oxygens (including phenoxy) is 2. The Balaban J connectivity index is 1.77. The van der Waals surface area contributed by atoms with Gasteiger partial charge in [-0.2, -0.15) is 10.5 Å². The number of methoxy groups -OCH3 is 1. The molecule has 0 amide bonds. The molecule has 1 fully saturated rings. The van der Waals surface area contributed by atoms with Gasteiger partial charge in [0, 0.05) is 37.7 Å². The van der Waals surface area contributed by atoms with Crippen molar-refractivity contribution in [3.8, 4) is 29.1 Å². The molecule has 0 aliphatic carbocycles. The molecule has 0 saturated carbocycles. The first-order chi connectivity index (χ1) is 16.7. The molecule has 0 spiro atoms. The molecule has 0 radical (unpaired) electrons. The van der Waals surface area contributed by atoms with E-state index < -0.39 is 0 Å². The van der Waals surface area contributed by atoms with Crippen LogP contribution in [-0.4, -0.2) is 48.4 Å². The number of aromatic nitrogens is 3. The van der Waals surface area contributed by atoms with E-state index in [9.17, 15) is 10.5 Å². The van der Waals surface area contributed by atoms with Gasteiger partial charge in [-0.25, -0.2) is 4.98 Å². The van der Waals surface area contributed by atoms with Crippen LogP contribution < -0.4 is 9.64 Å². The van der Waals surface area contributed by atoms with Gasteiger partial charge in [-0.15, -0.1) is 0 Å². The summed E-state index contributed by atoms with van der Waals surface area (Å²) in [4.78, 5) is 15.8. The minimum Gasteiger partial charge on any atom is -0.490 e. The maximum Gasteiger partial charge on any atom is 0.148 e. The first-order valence-electron chi connectivity index (χ1n) is 11.0. The van der Waals surface area contributed by atoms with Crippen molar-refractivity contribution in [2.45, 2.75) is 23.6 Å². The van der Waals surface area contributed by atoms with Gasteiger partial charge in [-0.05, 0) is 37.1 Å². The molecule has 8 nitrogen and oxygen atoms in total. The molecule has 172 valence electrons. The van der Waals surface area contributed by atoms with Crippen LogP contribution in [0.5, 0.6) is 5.75 Å². The third-order valence-electron chi connectivity index (χ3n) is 5.41. The van der Waals surface area contributed by atoms with Gasteiger partial charge in [0.1, 0.15) is 40.9 Å². The van der Waals surface area contributed by atoms with Crippen LogP contribution in [0.15, 0.2) is 47.8 Å². The first kappa shape index (κ1) is 23.5. The highest BCUT2D eigenvalue weighted by atomic mass is 32.2. The number of rotatable bonds is 9. The lowest BCUT2D eigenvalue weighted by Gasteiger charge is -2.21. The molecule has 0 unspecified atom stereocenters. The van der Waals surface area contributed by atoms with Crippen molar-refractivity contribution in [2.24, 2.45) is 0 Å². The Morgan fingerprint density at radius 1 is 1.03 bits per heavy atom. The zero-order valence-electron chi connectivity index (χ0n) is 18.9. The highest BCUT2D eigenvalue weighted by Gasteiger charge is 2.26. The molecule has 0 bridgehead atoms. The average molecular weight is 473 g/mol. The van der Waals surface area contributed by atoms with Gasteiger partial charge in [-0.3, -0.25) is 9.97 Å². The quantitative estimate of drug-likeness (QED) is 0.334. The SMILES string of the molecule is COCCOc1ccc(-c2c(C#N)c(SCc3ccccn3)nc(N3CCCC3)c2C#N)nc1. The second kappa shape index (κ2) is 11.5. The Kier molecular flexibility index (Phi) is 7.92. The lowest BCUT2D eigenvalue weighted by Crippen LogP contribution is -2.21. The van der Waals surface area contributed by atoms with Crippen molar-refractivity contribution in [2.75, 3.05) is 38.3 Å². The Morgan fingerprint density at radius 2 is 1.85 bits per heavy atom. The minimum atomic E-state index is 0.348. The standard InChI is InChI=1S/C25H24N6O2S/c1-32-12-13-33-19-7-8-22(29-16-19)23-20(14-26)24(31-10-4-5-11-31)30-25(21(23)15-27)34-17-18-6-2-3-9-28-18/h2-3,6-9,16H,4-5,10-13,17H2,1H3. The third-order valence-corrected chi connectivity index (χ3v) is 6.41. The van der Waals surface area contributed by atoms with Crippen molar-refractivity contribution in [3.63, 3.8) is 0 Å². The molecule has 0 N–H and O–H groups in total. The van der Waals surface area contributed by atoms with E-state index in [0.717, 1.165) is 31.6 Å². The van der Waals surface area contributed by atoms with Crippen LogP contribution in [0.2, 0.25) is 0 Å². The molecule has 4 rings (SSSR count). The summed E-state index contributed by atoms with van der Waals surface area (Å²) in [5, 5.41) is 20.8. The van der Waals surface area contributed by atoms with Crippen LogP contribution in [0.4, 0.5) is 5.82 Å². The van der Waals surface area contributed by atoms with Gasteiger partial charge >= 0.3 is 0 Å². The van der Waals surface area contributed by atoms with E-state index in [1.165, 1.54) is 11.8 Å². The summed E-state index contributed by atoms with van der Waals surface area (Å²) in [6.07, 6.45) is 5.44. The Labute approximate surface area is 203 Å². The molecular formula is C25H24N6O2S. The highest BCUT2D eigenvalue weighted by Crippen LogP contribution is 2.38. The fraction of sp³-hybridized carbons (Fsp3) is 0.320. The summed E-state index contributed by atoms with van der Waals surface area (Å²) in [5.74, 6) is 1.77. The number of hydrogen-bond acceptors (Lipinski definition) is 9. The summed E-state index contributed by atoms with van der Waals surface area (Å²) < 4.78 is 10.6. The fourth-order valence-electron chi connectivity index (χ4n) is 3.76. The Hall–Kier alpha value is -3.66. The molecule has 0 atom stereocenters. The molecule has 3 aromatic rings. The zero-order valence-corrected chi connectivity index (χ0v) is 19.7. The molecular weight excluding hydrogens is 448 g/mol. The summed E-state index contributed by atoms with van der Waals surface area (Å²) in [6, 6.07) is 13.9. The lowest BCUT2D eigenvalue weighted by molar-refractivity contribution is 0.146. The maximum absolute atomic E-state index is 10.1. The molecule has 3 aromatic heterocycles. The molecule has 34 heavy (non-hydrogen) atoms. The van der Waals surface area contributed by atoms with Crippen LogP contribution in [-0.2, 0) is 10.5 Å². The maximum atomic E-state index is 10.1. The Bertz CT molecular complexity index is 1200. The molecule has 1 aliphatic rings. The average Bonchev–Trinajstić information content (AvgIpc) is 3.42. The fourth-order valence-corrected chi connectivity index (χ4v) is 4.66. The van der Waals surface area contributed by atoms with Gasteiger partial charge in [0.2, 0.25) is 0 Å². The zero-order chi connectivity index (χ0) is 23.8.